The van der Waals surface area contributed by atoms with E-state index in [1.165, 1.54) is 6.21 Å². The van der Waals surface area contributed by atoms with Crippen LogP contribution in [-0.2, 0) is 6.61 Å². The zero-order valence-corrected chi connectivity index (χ0v) is 24.5. The summed E-state index contributed by atoms with van der Waals surface area (Å²) in [5.74, 6) is 0.455. The van der Waals surface area contributed by atoms with Crippen LogP contribution < -0.4 is 14.9 Å². The Morgan fingerprint density at radius 2 is 1.72 bits per heavy atom. The highest BCUT2D eigenvalue weighted by molar-refractivity contribution is 6.32. The molecule has 0 aliphatic carbocycles. The maximum Gasteiger partial charge on any atom is 0.271 e. The van der Waals surface area contributed by atoms with E-state index < -0.39 is 0 Å². The molecule has 0 radical (unpaired) electrons. The second kappa shape index (κ2) is 13.6. The van der Waals surface area contributed by atoms with Gasteiger partial charge in [-0.05, 0) is 79.6 Å². The van der Waals surface area contributed by atoms with Crippen molar-refractivity contribution in [2.24, 2.45) is 5.10 Å². The van der Waals surface area contributed by atoms with E-state index in [0.717, 1.165) is 28.2 Å². The van der Waals surface area contributed by atoms with Crippen LogP contribution in [0.25, 0.3) is 16.9 Å². The molecular formula is C35H29ClN4O3. The molecule has 1 aromatic heterocycles. The quantitative estimate of drug-likeness (QED) is 0.134. The van der Waals surface area contributed by atoms with Crippen molar-refractivity contribution >= 4 is 23.7 Å². The number of ether oxygens (including phenoxy) is 2. The minimum Gasteiger partial charge on any atom is -0.490 e. The van der Waals surface area contributed by atoms with Crippen LogP contribution >= 0.6 is 11.6 Å². The van der Waals surface area contributed by atoms with Crippen LogP contribution in [0.3, 0.4) is 0 Å². The summed E-state index contributed by atoms with van der Waals surface area (Å²) in [7, 11) is 0. The van der Waals surface area contributed by atoms with Crippen LogP contribution in [0.1, 0.15) is 39.7 Å². The Hall–Kier alpha value is -5.32. The van der Waals surface area contributed by atoms with E-state index in [2.05, 4.69) is 52.4 Å². The number of hydrogen-bond acceptors (Lipinski definition) is 5. The van der Waals surface area contributed by atoms with Crippen molar-refractivity contribution in [3.8, 4) is 34.5 Å². The maximum absolute atomic E-state index is 12.8. The first-order valence-electron chi connectivity index (χ1n) is 13.7. The van der Waals surface area contributed by atoms with Gasteiger partial charge in [-0.3, -0.25) is 4.79 Å². The Kier molecular flexibility index (Phi) is 9.20. The first-order valence-corrected chi connectivity index (χ1v) is 14.1. The van der Waals surface area contributed by atoms with Gasteiger partial charge in [0.25, 0.3) is 5.91 Å². The van der Waals surface area contributed by atoms with Crippen LogP contribution in [0, 0.1) is 18.3 Å². The number of nitriles is 1. The van der Waals surface area contributed by atoms with Gasteiger partial charge in [0.2, 0.25) is 0 Å². The monoisotopic (exact) mass is 588 g/mol. The number of nitrogens with zero attached hydrogens (tertiary/aromatic N) is 3. The molecule has 0 bridgehead atoms. The molecule has 0 aliphatic rings. The molecule has 5 aromatic rings. The fraction of sp³-hybridized carbons (Fsp3) is 0.114. The third-order valence-electron chi connectivity index (χ3n) is 6.75. The predicted octanol–water partition coefficient (Wildman–Crippen LogP) is 7.72. The lowest BCUT2D eigenvalue weighted by Gasteiger charge is -2.15. The van der Waals surface area contributed by atoms with Gasteiger partial charge in [0.05, 0.1) is 35.2 Å². The van der Waals surface area contributed by atoms with Gasteiger partial charge >= 0.3 is 0 Å². The number of amides is 1. The summed E-state index contributed by atoms with van der Waals surface area (Å²) in [4.78, 5) is 12.8. The number of rotatable bonds is 10. The highest BCUT2D eigenvalue weighted by Crippen LogP contribution is 2.37. The van der Waals surface area contributed by atoms with Crippen LogP contribution in [-0.4, -0.2) is 23.3 Å². The Bertz CT molecular complexity index is 1810. The van der Waals surface area contributed by atoms with Crippen LogP contribution in [0.2, 0.25) is 5.02 Å². The second-order valence-electron chi connectivity index (χ2n) is 9.63. The van der Waals surface area contributed by atoms with Crippen LogP contribution in [0.5, 0.6) is 11.5 Å². The standard InChI is InChI=1S/C35H29ClN4O3/c1-3-42-33-20-25(19-31(36)34(33)43-23-29-12-8-7-11-28(29)21-37)22-38-39-35(41)27-14-16-30(17-15-27)40-24(2)13-18-32(40)26-9-5-4-6-10-26/h4-20,22H,3,23H2,1-2H3,(H,39,41)/b38-22+. The van der Waals surface area contributed by atoms with Gasteiger partial charge in [0.15, 0.2) is 11.5 Å². The van der Waals surface area contributed by atoms with Gasteiger partial charge < -0.3 is 14.0 Å². The Morgan fingerprint density at radius 3 is 2.47 bits per heavy atom. The third-order valence-corrected chi connectivity index (χ3v) is 7.04. The number of carbonyl (C=O) groups excluding carboxylic acids is 1. The molecule has 4 aromatic carbocycles. The Morgan fingerprint density at radius 1 is 0.977 bits per heavy atom. The lowest BCUT2D eigenvalue weighted by atomic mass is 10.1. The van der Waals surface area contributed by atoms with E-state index in [1.54, 1.807) is 36.4 Å². The Labute approximate surface area is 255 Å². The smallest absolute Gasteiger partial charge is 0.271 e. The summed E-state index contributed by atoms with van der Waals surface area (Å²) in [5.41, 5.74) is 9.17. The van der Waals surface area contributed by atoms with Crippen LogP contribution in [0.15, 0.2) is 108 Å². The summed E-state index contributed by atoms with van der Waals surface area (Å²) in [6, 6.07) is 34.5. The number of aryl methyl sites for hydroxylation is 1. The average molecular weight is 589 g/mol. The highest BCUT2D eigenvalue weighted by Gasteiger charge is 2.14. The molecule has 0 atom stereocenters. The van der Waals surface area contributed by atoms with E-state index in [0.29, 0.717) is 39.8 Å². The largest absolute Gasteiger partial charge is 0.490 e. The molecule has 1 heterocycles. The molecule has 43 heavy (non-hydrogen) atoms. The Balaban J connectivity index is 1.27. The zero-order valence-electron chi connectivity index (χ0n) is 23.8. The summed E-state index contributed by atoms with van der Waals surface area (Å²) < 4.78 is 13.9. The van der Waals surface area contributed by atoms with Gasteiger partial charge in [-0.2, -0.15) is 10.4 Å². The number of nitrogens with one attached hydrogen (secondary N) is 1. The number of hydrazone groups is 1. The molecule has 0 saturated heterocycles. The van der Waals surface area contributed by atoms with Crippen molar-refractivity contribution < 1.29 is 14.3 Å². The van der Waals surface area contributed by atoms with Crippen molar-refractivity contribution in [1.82, 2.24) is 9.99 Å². The number of halogens is 1. The summed E-state index contributed by atoms with van der Waals surface area (Å²) >= 11 is 6.54. The van der Waals surface area contributed by atoms with Gasteiger partial charge in [-0.25, -0.2) is 5.43 Å². The van der Waals surface area contributed by atoms with E-state index in [-0.39, 0.29) is 12.5 Å². The molecule has 8 heteroatoms. The second-order valence-corrected chi connectivity index (χ2v) is 10.0. The van der Waals surface area contributed by atoms with Gasteiger partial charge in [-0.1, -0.05) is 60.1 Å². The predicted molar refractivity (Wildman–Crippen MR) is 169 cm³/mol. The van der Waals surface area contributed by atoms with E-state index in [1.807, 2.05) is 49.4 Å². The van der Waals surface area contributed by atoms with E-state index in [4.69, 9.17) is 21.1 Å². The van der Waals surface area contributed by atoms with Crippen molar-refractivity contribution in [3.63, 3.8) is 0 Å². The van der Waals surface area contributed by atoms with Gasteiger partial charge in [-0.15, -0.1) is 0 Å². The van der Waals surface area contributed by atoms with Crippen molar-refractivity contribution in [1.29, 1.82) is 5.26 Å². The first kappa shape index (κ1) is 29.2. The lowest BCUT2D eigenvalue weighted by Crippen LogP contribution is -2.17. The van der Waals surface area contributed by atoms with Crippen molar-refractivity contribution in [3.05, 3.63) is 136 Å². The molecule has 5 rings (SSSR count). The molecule has 0 spiro atoms. The summed E-state index contributed by atoms with van der Waals surface area (Å²) in [5, 5.41) is 13.8. The lowest BCUT2D eigenvalue weighted by molar-refractivity contribution is 0.0955. The molecule has 0 aliphatic heterocycles. The van der Waals surface area contributed by atoms with Gasteiger partial charge in [0.1, 0.15) is 6.61 Å². The molecule has 7 nitrogen and oxygen atoms in total. The maximum atomic E-state index is 12.8. The molecule has 1 N–H and O–H groups in total. The van der Waals surface area contributed by atoms with Crippen LogP contribution in [0.4, 0.5) is 0 Å². The highest BCUT2D eigenvalue weighted by atomic mass is 35.5. The minimum absolute atomic E-state index is 0.156. The number of aromatic nitrogens is 1. The molecule has 1 amide bonds. The summed E-state index contributed by atoms with van der Waals surface area (Å²) in [6.45, 7) is 4.46. The van der Waals surface area contributed by atoms with Gasteiger partial charge in [0, 0.05) is 22.5 Å². The number of hydrogen-bond donors (Lipinski definition) is 1. The number of carbonyl (C=O) groups is 1. The summed E-state index contributed by atoms with van der Waals surface area (Å²) in [6.07, 6.45) is 1.49. The molecular weight excluding hydrogens is 560 g/mol. The zero-order chi connectivity index (χ0) is 30.2. The average Bonchev–Trinajstić information content (AvgIpc) is 3.42. The fourth-order valence-electron chi connectivity index (χ4n) is 4.68. The molecule has 0 unspecified atom stereocenters. The SMILES string of the molecule is CCOc1cc(/C=N/NC(=O)c2ccc(-n3c(C)ccc3-c3ccccc3)cc2)cc(Cl)c1OCc1ccccc1C#N. The van der Waals surface area contributed by atoms with E-state index in [9.17, 15) is 10.1 Å². The normalized spacial score (nSPS) is 10.8. The number of benzene rings is 4. The van der Waals surface area contributed by atoms with Crippen molar-refractivity contribution in [2.75, 3.05) is 6.61 Å². The molecule has 214 valence electrons. The van der Waals surface area contributed by atoms with Crippen molar-refractivity contribution in [2.45, 2.75) is 20.5 Å². The topological polar surface area (TPSA) is 88.6 Å². The van der Waals surface area contributed by atoms with E-state index >= 15 is 0 Å². The fourth-order valence-corrected chi connectivity index (χ4v) is 4.95. The first-order chi connectivity index (χ1) is 21.0. The minimum atomic E-state index is -0.345. The third kappa shape index (κ3) is 6.78. The molecule has 0 saturated carbocycles. The molecule has 0 fully saturated rings.